The lowest BCUT2D eigenvalue weighted by Gasteiger charge is -2.21. The zero-order valence-corrected chi connectivity index (χ0v) is 10.6. The Morgan fingerprint density at radius 3 is 2.82 bits per heavy atom. The van der Waals surface area contributed by atoms with E-state index in [1.165, 1.54) is 24.1 Å². The number of hydrogen-bond donors (Lipinski definition) is 2. The van der Waals surface area contributed by atoms with Crippen molar-refractivity contribution in [1.29, 1.82) is 0 Å². The van der Waals surface area contributed by atoms with Gasteiger partial charge in [-0.1, -0.05) is 0 Å². The highest BCUT2D eigenvalue weighted by Crippen LogP contribution is 2.25. The normalized spacial score (nSPS) is 18.3. The molecule has 1 heterocycles. The summed E-state index contributed by atoms with van der Waals surface area (Å²) in [5, 5.41) is 12.8. The Labute approximate surface area is 102 Å². The summed E-state index contributed by atoms with van der Waals surface area (Å²) in [7, 11) is 0. The summed E-state index contributed by atoms with van der Waals surface area (Å²) < 4.78 is 0. The molecule has 1 aromatic heterocycles. The topological polar surface area (TPSA) is 58.0 Å². The predicted molar refractivity (Wildman–Crippen MR) is 68.1 cm³/mol. The van der Waals surface area contributed by atoms with Crippen LogP contribution in [0.3, 0.4) is 0 Å². The molecule has 0 radical (unpaired) electrons. The van der Waals surface area contributed by atoms with E-state index in [0.717, 1.165) is 25.1 Å². The number of hydrogen-bond acceptors (Lipinski definition) is 4. The van der Waals surface area contributed by atoms with E-state index in [2.05, 4.69) is 22.2 Å². The SMILES string of the molecule is CC(O)CC(C)Nc1ncnc2c1CCCC2. The molecule has 0 amide bonds. The van der Waals surface area contributed by atoms with Crippen LogP contribution in [0.2, 0.25) is 0 Å². The van der Waals surface area contributed by atoms with E-state index in [4.69, 9.17) is 0 Å². The van der Waals surface area contributed by atoms with E-state index in [9.17, 15) is 5.11 Å². The van der Waals surface area contributed by atoms with Crippen LogP contribution >= 0.6 is 0 Å². The Kier molecular flexibility index (Phi) is 3.94. The quantitative estimate of drug-likeness (QED) is 0.837. The molecule has 2 N–H and O–H groups in total. The van der Waals surface area contributed by atoms with Crippen molar-refractivity contribution in [1.82, 2.24) is 9.97 Å². The van der Waals surface area contributed by atoms with Crippen LogP contribution in [0.15, 0.2) is 6.33 Å². The second kappa shape index (κ2) is 5.45. The van der Waals surface area contributed by atoms with Crippen LogP contribution in [0.5, 0.6) is 0 Å². The third kappa shape index (κ3) is 3.16. The van der Waals surface area contributed by atoms with Gasteiger partial charge in [-0.2, -0.15) is 0 Å². The van der Waals surface area contributed by atoms with Gasteiger partial charge in [-0.3, -0.25) is 0 Å². The zero-order valence-electron chi connectivity index (χ0n) is 10.6. The van der Waals surface area contributed by atoms with Gasteiger partial charge in [0, 0.05) is 17.3 Å². The number of aliphatic hydroxyl groups excluding tert-OH is 1. The van der Waals surface area contributed by atoms with E-state index < -0.39 is 0 Å². The van der Waals surface area contributed by atoms with Crippen molar-refractivity contribution in [2.45, 2.75) is 58.1 Å². The van der Waals surface area contributed by atoms with Crippen molar-refractivity contribution >= 4 is 5.82 Å². The van der Waals surface area contributed by atoms with Gasteiger partial charge in [0.05, 0.1) is 6.10 Å². The number of aryl methyl sites for hydroxylation is 1. The molecule has 0 aromatic carbocycles. The van der Waals surface area contributed by atoms with E-state index in [0.29, 0.717) is 0 Å². The third-order valence-corrected chi connectivity index (χ3v) is 3.20. The van der Waals surface area contributed by atoms with Crippen molar-refractivity contribution in [2.75, 3.05) is 5.32 Å². The molecule has 94 valence electrons. The number of rotatable bonds is 4. The molecule has 0 saturated carbocycles. The molecule has 1 aliphatic carbocycles. The molecule has 17 heavy (non-hydrogen) atoms. The van der Waals surface area contributed by atoms with Crippen molar-refractivity contribution in [3.8, 4) is 0 Å². The summed E-state index contributed by atoms with van der Waals surface area (Å²) in [4.78, 5) is 8.68. The summed E-state index contributed by atoms with van der Waals surface area (Å²) in [6.45, 7) is 3.89. The van der Waals surface area contributed by atoms with E-state index in [1.807, 2.05) is 6.92 Å². The Morgan fingerprint density at radius 2 is 2.06 bits per heavy atom. The molecule has 1 aliphatic rings. The lowest BCUT2D eigenvalue weighted by atomic mass is 9.96. The summed E-state index contributed by atoms with van der Waals surface area (Å²) in [6.07, 6.45) is 6.68. The van der Waals surface area contributed by atoms with Gasteiger partial charge >= 0.3 is 0 Å². The molecular formula is C13H21N3O. The Bertz CT molecular complexity index is 379. The van der Waals surface area contributed by atoms with Gasteiger partial charge < -0.3 is 10.4 Å². The van der Waals surface area contributed by atoms with E-state index in [1.54, 1.807) is 6.33 Å². The van der Waals surface area contributed by atoms with Gasteiger partial charge in [0.2, 0.25) is 0 Å². The first-order chi connectivity index (χ1) is 8.16. The first kappa shape index (κ1) is 12.3. The standard InChI is InChI=1S/C13H21N3O/c1-9(7-10(2)17)16-13-11-5-3-4-6-12(11)14-8-15-13/h8-10,17H,3-7H2,1-2H3,(H,14,15,16). The van der Waals surface area contributed by atoms with Crippen LogP contribution < -0.4 is 5.32 Å². The van der Waals surface area contributed by atoms with Crippen LogP contribution in [-0.4, -0.2) is 27.2 Å². The first-order valence-corrected chi connectivity index (χ1v) is 6.44. The minimum absolute atomic E-state index is 0.232. The first-order valence-electron chi connectivity index (χ1n) is 6.44. The second-order valence-electron chi connectivity index (χ2n) is 4.98. The maximum Gasteiger partial charge on any atom is 0.133 e. The molecular weight excluding hydrogens is 214 g/mol. The van der Waals surface area contributed by atoms with Crippen LogP contribution in [0.1, 0.15) is 44.4 Å². The third-order valence-electron chi connectivity index (χ3n) is 3.20. The van der Waals surface area contributed by atoms with Gasteiger partial charge in [0.1, 0.15) is 12.1 Å². The van der Waals surface area contributed by atoms with Crippen molar-refractivity contribution < 1.29 is 5.11 Å². The molecule has 4 heteroatoms. The van der Waals surface area contributed by atoms with Crippen LogP contribution in [0.25, 0.3) is 0 Å². The second-order valence-corrected chi connectivity index (χ2v) is 4.98. The van der Waals surface area contributed by atoms with Crippen LogP contribution in [-0.2, 0) is 12.8 Å². The molecule has 1 aromatic rings. The number of aliphatic hydroxyl groups is 1. The molecule has 0 spiro atoms. The highest BCUT2D eigenvalue weighted by Gasteiger charge is 2.16. The number of nitrogens with zero attached hydrogens (tertiary/aromatic N) is 2. The van der Waals surface area contributed by atoms with Gasteiger partial charge in [-0.05, 0) is 46.0 Å². The van der Waals surface area contributed by atoms with E-state index >= 15 is 0 Å². The molecule has 2 unspecified atom stereocenters. The monoisotopic (exact) mass is 235 g/mol. The fraction of sp³-hybridized carbons (Fsp3) is 0.692. The zero-order chi connectivity index (χ0) is 12.3. The predicted octanol–water partition coefficient (Wildman–Crippen LogP) is 1.93. The summed E-state index contributed by atoms with van der Waals surface area (Å²) in [5.41, 5.74) is 2.47. The number of fused-ring (bicyclic) bond motifs is 1. The lowest BCUT2D eigenvalue weighted by Crippen LogP contribution is -2.23. The fourth-order valence-corrected chi connectivity index (χ4v) is 2.45. The largest absolute Gasteiger partial charge is 0.393 e. The van der Waals surface area contributed by atoms with Crippen molar-refractivity contribution in [3.63, 3.8) is 0 Å². The van der Waals surface area contributed by atoms with Crippen molar-refractivity contribution in [2.24, 2.45) is 0 Å². The fourth-order valence-electron chi connectivity index (χ4n) is 2.45. The molecule has 0 aliphatic heterocycles. The highest BCUT2D eigenvalue weighted by molar-refractivity contribution is 5.47. The Morgan fingerprint density at radius 1 is 1.29 bits per heavy atom. The summed E-state index contributed by atoms with van der Waals surface area (Å²) in [5.74, 6) is 0.961. The lowest BCUT2D eigenvalue weighted by molar-refractivity contribution is 0.179. The summed E-state index contributed by atoms with van der Waals surface area (Å²) in [6, 6.07) is 0.232. The van der Waals surface area contributed by atoms with Crippen LogP contribution in [0, 0.1) is 0 Å². The minimum atomic E-state index is -0.282. The molecule has 2 atom stereocenters. The number of anilines is 1. The minimum Gasteiger partial charge on any atom is -0.393 e. The Hall–Kier alpha value is -1.16. The Balaban J connectivity index is 2.10. The van der Waals surface area contributed by atoms with Gasteiger partial charge in [-0.15, -0.1) is 0 Å². The molecule has 0 bridgehead atoms. The molecule has 0 saturated heterocycles. The number of nitrogens with one attached hydrogen (secondary N) is 1. The maximum atomic E-state index is 9.37. The maximum absolute atomic E-state index is 9.37. The number of aromatic nitrogens is 2. The van der Waals surface area contributed by atoms with E-state index in [-0.39, 0.29) is 12.1 Å². The van der Waals surface area contributed by atoms with Crippen molar-refractivity contribution in [3.05, 3.63) is 17.6 Å². The highest BCUT2D eigenvalue weighted by atomic mass is 16.3. The van der Waals surface area contributed by atoms with Gasteiger partial charge in [0.25, 0.3) is 0 Å². The molecule has 0 fully saturated rings. The van der Waals surface area contributed by atoms with Gasteiger partial charge in [-0.25, -0.2) is 9.97 Å². The smallest absolute Gasteiger partial charge is 0.133 e. The average molecular weight is 235 g/mol. The summed E-state index contributed by atoms with van der Waals surface area (Å²) >= 11 is 0. The van der Waals surface area contributed by atoms with Crippen LogP contribution in [0.4, 0.5) is 5.82 Å². The molecule has 4 nitrogen and oxygen atoms in total. The molecule has 2 rings (SSSR count). The van der Waals surface area contributed by atoms with Gasteiger partial charge in [0.15, 0.2) is 0 Å². The average Bonchev–Trinajstić information content (AvgIpc) is 2.28.